The van der Waals surface area contributed by atoms with E-state index in [1.165, 1.54) is 49.7 Å². The minimum absolute atomic E-state index is 0.106. The Morgan fingerprint density at radius 2 is 1.76 bits per heavy atom. The molecule has 1 rings (SSSR count). The van der Waals surface area contributed by atoms with Crippen LogP contribution in [0.15, 0.2) is 24.3 Å². The standard InChI is InChI=1S/C19H34N2/c1-5-6-7-8-11-14-19(3,16-20)21(4)15-18-13-10-9-12-17(18)2/h9-10,12-13H,5-8,11,14-16,20H2,1-4H3. The summed E-state index contributed by atoms with van der Waals surface area (Å²) in [5.74, 6) is 0. The van der Waals surface area contributed by atoms with E-state index in [4.69, 9.17) is 5.73 Å². The zero-order chi connectivity index (χ0) is 15.7. The predicted molar refractivity (Wildman–Crippen MR) is 93.5 cm³/mol. The Morgan fingerprint density at radius 1 is 1.10 bits per heavy atom. The van der Waals surface area contributed by atoms with Crippen molar-refractivity contribution in [3.8, 4) is 0 Å². The molecule has 1 aromatic rings. The number of benzene rings is 1. The Morgan fingerprint density at radius 3 is 2.38 bits per heavy atom. The monoisotopic (exact) mass is 290 g/mol. The van der Waals surface area contributed by atoms with Crippen LogP contribution in [-0.2, 0) is 6.54 Å². The Labute approximate surface area is 131 Å². The number of hydrogen-bond donors (Lipinski definition) is 1. The van der Waals surface area contributed by atoms with Gasteiger partial charge in [0.05, 0.1) is 0 Å². The average Bonchev–Trinajstić information content (AvgIpc) is 2.49. The Bertz CT molecular complexity index is 402. The van der Waals surface area contributed by atoms with Crippen molar-refractivity contribution in [3.63, 3.8) is 0 Å². The molecule has 0 aliphatic rings. The molecule has 1 atom stereocenters. The van der Waals surface area contributed by atoms with Gasteiger partial charge >= 0.3 is 0 Å². The molecule has 120 valence electrons. The fourth-order valence-electron chi connectivity index (χ4n) is 2.79. The van der Waals surface area contributed by atoms with E-state index in [-0.39, 0.29) is 5.54 Å². The zero-order valence-corrected chi connectivity index (χ0v) is 14.5. The summed E-state index contributed by atoms with van der Waals surface area (Å²) in [4.78, 5) is 2.44. The van der Waals surface area contributed by atoms with Gasteiger partial charge in [0, 0.05) is 18.6 Å². The molecule has 2 nitrogen and oxygen atoms in total. The van der Waals surface area contributed by atoms with Crippen molar-refractivity contribution in [2.45, 2.75) is 71.4 Å². The van der Waals surface area contributed by atoms with Crippen molar-refractivity contribution in [2.24, 2.45) is 5.73 Å². The molecule has 0 amide bonds. The Balaban J connectivity index is 2.54. The summed E-state index contributed by atoms with van der Waals surface area (Å²) in [6, 6.07) is 8.65. The van der Waals surface area contributed by atoms with E-state index in [0.29, 0.717) is 0 Å². The van der Waals surface area contributed by atoms with Gasteiger partial charge in [-0.1, -0.05) is 63.3 Å². The van der Waals surface area contributed by atoms with Gasteiger partial charge in [0.1, 0.15) is 0 Å². The van der Waals surface area contributed by atoms with E-state index < -0.39 is 0 Å². The highest BCUT2D eigenvalue weighted by Gasteiger charge is 2.27. The van der Waals surface area contributed by atoms with Crippen LogP contribution in [0.5, 0.6) is 0 Å². The van der Waals surface area contributed by atoms with Gasteiger partial charge in [0.25, 0.3) is 0 Å². The molecule has 0 fully saturated rings. The fraction of sp³-hybridized carbons (Fsp3) is 0.684. The molecule has 0 aliphatic heterocycles. The molecule has 0 saturated carbocycles. The van der Waals surface area contributed by atoms with Gasteiger partial charge in [0.2, 0.25) is 0 Å². The number of unbranched alkanes of at least 4 members (excludes halogenated alkanes) is 4. The summed E-state index contributed by atoms with van der Waals surface area (Å²) in [6.45, 7) is 8.47. The van der Waals surface area contributed by atoms with E-state index in [9.17, 15) is 0 Å². The van der Waals surface area contributed by atoms with Crippen molar-refractivity contribution in [2.75, 3.05) is 13.6 Å². The topological polar surface area (TPSA) is 29.3 Å². The number of aryl methyl sites for hydroxylation is 1. The predicted octanol–water partition coefficient (Wildman–Crippen LogP) is 4.50. The quantitative estimate of drug-likeness (QED) is 0.643. The molecule has 2 heteroatoms. The van der Waals surface area contributed by atoms with Crippen LogP contribution in [0.3, 0.4) is 0 Å². The maximum absolute atomic E-state index is 6.10. The Kier molecular flexibility index (Phi) is 7.98. The van der Waals surface area contributed by atoms with E-state index >= 15 is 0 Å². The normalized spacial score (nSPS) is 14.4. The van der Waals surface area contributed by atoms with E-state index in [1.54, 1.807) is 0 Å². The third-order valence-corrected chi connectivity index (χ3v) is 4.85. The number of likely N-dealkylation sites (N-methyl/N-ethyl adjacent to an activating group) is 1. The number of hydrogen-bond acceptors (Lipinski definition) is 2. The van der Waals surface area contributed by atoms with Crippen LogP contribution in [0.1, 0.15) is 63.5 Å². The third kappa shape index (κ3) is 5.80. The first kappa shape index (κ1) is 18.2. The number of nitrogens with zero attached hydrogens (tertiary/aromatic N) is 1. The molecule has 1 unspecified atom stereocenters. The minimum atomic E-state index is 0.106. The maximum Gasteiger partial charge on any atom is 0.0304 e. The van der Waals surface area contributed by atoms with Gasteiger partial charge < -0.3 is 5.73 Å². The summed E-state index contributed by atoms with van der Waals surface area (Å²) >= 11 is 0. The Hall–Kier alpha value is -0.860. The van der Waals surface area contributed by atoms with E-state index in [2.05, 4.69) is 57.0 Å². The van der Waals surface area contributed by atoms with Gasteiger partial charge in [-0.3, -0.25) is 4.90 Å². The van der Waals surface area contributed by atoms with Gasteiger partial charge in [-0.2, -0.15) is 0 Å². The lowest BCUT2D eigenvalue weighted by Crippen LogP contribution is -2.49. The van der Waals surface area contributed by atoms with Gasteiger partial charge in [-0.25, -0.2) is 0 Å². The molecule has 0 saturated heterocycles. The highest BCUT2D eigenvalue weighted by molar-refractivity contribution is 5.25. The van der Waals surface area contributed by atoms with Crippen molar-refractivity contribution in [1.82, 2.24) is 4.90 Å². The molecule has 0 aliphatic carbocycles. The van der Waals surface area contributed by atoms with Crippen LogP contribution in [0.25, 0.3) is 0 Å². The average molecular weight is 290 g/mol. The molecule has 0 bridgehead atoms. The lowest BCUT2D eigenvalue weighted by Gasteiger charge is -2.38. The summed E-state index contributed by atoms with van der Waals surface area (Å²) in [7, 11) is 2.21. The maximum atomic E-state index is 6.10. The fourth-order valence-corrected chi connectivity index (χ4v) is 2.79. The van der Waals surface area contributed by atoms with Crippen molar-refractivity contribution < 1.29 is 0 Å². The van der Waals surface area contributed by atoms with Crippen molar-refractivity contribution in [3.05, 3.63) is 35.4 Å². The molecular formula is C19H34N2. The lowest BCUT2D eigenvalue weighted by atomic mass is 9.91. The second kappa shape index (κ2) is 9.22. The molecule has 0 radical (unpaired) electrons. The van der Waals surface area contributed by atoms with Crippen LogP contribution in [0.4, 0.5) is 0 Å². The van der Waals surface area contributed by atoms with Gasteiger partial charge in [0.15, 0.2) is 0 Å². The first-order valence-electron chi connectivity index (χ1n) is 8.49. The van der Waals surface area contributed by atoms with Crippen LogP contribution >= 0.6 is 0 Å². The second-order valence-electron chi connectivity index (χ2n) is 6.65. The second-order valence-corrected chi connectivity index (χ2v) is 6.65. The molecule has 0 heterocycles. The van der Waals surface area contributed by atoms with Crippen LogP contribution in [-0.4, -0.2) is 24.0 Å². The highest BCUT2D eigenvalue weighted by atomic mass is 15.2. The highest BCUT2D eigenvalue weighted by Crippen LogP contribution is 2.23. The third-order valence-electron chi connectivity index (χ3n) is 4.85. The van der Waals surface area contributed by atoms with Crippen molar-refractivity contribution >= 4 is 0 Å². The molecule has 0 aromatic heterocycles. The van der Waals surface area contributed by atoms with Crippen LogP contribution in [0, 0.1) is 6.92 Å². The van der Waals surface area contributed by atoms with Crippen LogP contribution in [0.2, 0.25) is 0 Å². The van der Waals surface area contributed by atoms with Gasteiger partial charge in [-0.05, 0) is 38.4 Å². The van der Waals surface area contributed by atoms with E-state index in [0.717, 1.165) is 13.1 Å². The zero-order valence-electron chi connectivity index (χ0n) is 14.5. The molecule has 21 heavy (non-hydrogen) atoms. The molecular weight excluding hydrogens is 256 g/mol. The van der Waals surface area contributed by atoms with Gasteiger partial charge in [-0.15, -0.1) is 0 Å². The first-order chi connectivity index (χ1) is 10.0. The SMILES string of the molecule is CCCCCCCC(C)(CN)N(C)Cc1ccccc1C. The summed E-state index contributed by atoms with van der Waals surface area (Å²) in [6.07, 6.45) is 7.83. The number of rotatable bonds is 10. The summed E-state index contributed by atoms with van der Waals surface area (Å²) in [5.41, 5.74) is 8.98. The summed E-state index contributed by atoms with van der Waals surface area (Å²) < 4.78 is 0. The molecule has 2 N–H and O–H groups in total. The van der Waals surface area contributed by atoms with Crippen molar-refractivity contribution in [1.29, 1.82) is 0 Å². The number of nitrogens with two attached hydrogens (primary N) is 1. The smallest absolute Gasteiger partial charge is 0.0304 e. The largest absolute Gasteiger partial charge is 0.329 e. The summed E-state index contributed by atoms with van der Waals surface area (Å²) in [5, 5.41) is 0. The molecule has 0 spiro atoms. The van der Waals surface area contributed by atoms with Crippen LogP contribution < -0.4 is 5.73 Å². The minimum Gasteiger partial charge on any atom is -0.329 e. The van der Waals surface area contributed by atoms with E-state index in [1.807, 2.05) is 0 Å². The molecule has 1 aromatic carbocycles. The lowest BCUT2D eigenvalue weighted by molar-refractivity contribution is 0.122. The first-order valence-corrected chi connectivity index (χ1v) is 8.49.